The predicted octanol–water partition coefficient (Wildman–Crippen LogP) is 3.96. The molecule has 6 heteroatoms. The molecule has 5 rings (SSSR count). The summed E-state index contributed by atoms with van der Waals surface area (Å²) in [6.45, 7) is 3.85. The topological polar surface area (TPSA) is 51.8 Å². The minimum Gasteiger partial charge on any atom is -0.385 e. The third-order valence-electron chi connectivity index (χ3n) is 5.64. The molecule has 3 aliphatic heterocycles. The van der Waals surface area contributed by atoms with Crippen molar-refractivity contribution in [3.63, 3.8) is 0 Å². The van der Waals surface area contributed by atoms with E-state index in [-0.39, 0.29) is 18.5 Å². The van der Waals surface area contributed by atoms with E-state index in [1.165, 1.54) is 16.0 Å². The highest BCUT2D eigenvalue weighted by Gasteiger charge is 2.41. The largest absolute Gasteiger partial charge is 0.385 e. The Morgan fingerprint density at radius 3 is 2.93 bits per heavy atom. The number of nitrogens with one attached hydrogen (secondary N) is 2. The summed E-state index contributed by atoms with van der Waals surface area (Å²) in [5.41, 5.74) is 4.77. The molecule has 0 saturated carbocycles. The van der Waals surface area contributed by atoms with Gasteiger partial charge in [0.1, 0.15) is 6.73 Å². The van der Waals surface area contributed by atoms with E-state index in [4.69, 9.17) is 14.2 Å². The number of anilines is 1. The molecule has 0 amide bonds. The van der Waals surface area contributed by atoms with Crippen LogP contribution < -0.4 is 10.6 Å². The molecule has 2 N–H and O–H groups in total. The summed E-state index contributed by atoms with van der Waals surface area (Å²) < 4.78 is 17.4. The first-order valence-corrected chi connectivity index (χ1v) is 11.0. The standard InChI is InChI=1S/C22H26N2O3S/c1-14-26-22(27-14)18-10-23-20-11-25-13-24-19-8-7-16(9-17(19)21(18)20)28-12-15-5-3-2-4-6-15/h2-5,7-9,14-15,18,22-24H,6,10-13H2,1H3. The Morgan fingerprint density at radius 2 is 2.11 bits per heavy atom. The average Bonchev–Trinajstić information content (AvgIpc) is 3.09. The molecule has 4 aliphatic rings. The Labute approximate surface area is 170 Å². The number of hydrogen-bond acceptors (Lipinski definition) is 6. The Morgan fingerprint density at radius 1 is 1.18 bits per heavy atom. The van der Waals surface area contributed by atoms with Gasteiger partial charge in [0.15, 0.2) is 12.6 Å². The molecule has 148 valence electrons. The van der Waals surface area contributed by atoms with Gasteiger partial charge in [0.25, 0.3) is 0 Å². The lowest BCUT2D eigenvalue weighted by molar-refractivity contribution is -0.385. The van der Waals surface area contributed by atoms with Crippen LogP contribution in [0, 0.1) is 11.8 Å². The molecular formula is C22H26N2O3S. The van der Waals surface area contributed by atoms with Gasteiger partial charge in [-0.2, -0.15) is 0 Å². The Bertz CT molecular complexity index is 829. The highest BCUT2D eigenvalue weighted by Crippen LogP contribution is 2.42. The maximum Gasteiger partial charge on any atom is 0.172 e. The summed E-state index contributed by atoms with van der Waals surface area (Å²) in [4.78, 5) is 1.30. The predicted molar refractivity (Wildman–Crippen MR) is 112 cm³/mol. The third kappa shape index (κ3) is 3.62. The number of rotatable bonds is 4. The number of fused-ring (bicyclic) bond motifs is 2. The molecule has 1 aliphatic carbocycles. The molecular weight excluding hydrogens is 372 g/mol. The summed E-state index contributed by atoms with van der Waals surface area (Å²) in [7, 11) is 0. The van der Waals surface area contributed by atoms with E-state index in [1.54, 1.807) is 0 Å². The van der Waals surface area contributed by atoms with Crippen molar-refractivity contribution >= 4 is 23.0 Å². The summed E-state index contributed by atoms with van der Waals surface area (Å²) in [5, 5.41) is 6.95. The molecule has 0 radical (unpaired) electrons. The van der Waals surface area contributed by atoms with Gasteiger partial charge in [-0.3, -0.25) is 0 Å². The van der Waals surface area contributed by atoms with Crippen molar-refractivity contribution in [3.05, 3.63) is 53.8 Å². The molecule has 5 nitrogen and oxygen atoms in total. The monoisotopic (exact) mass is 398 g/mol. The van der Waals surface area contributed by atoms with E-state index >= 15 is 0 Å². The first kappa shape index (κ1) is 18.3. The second-order valence-corrected chi connectivity index (χ2v) is 8.68. The summed E-state index contributed by atoms with van der Waals surface area (Å²) in [6.07, 6.45) is 9.68. The summed E-state index contributed by atoms with van der Waals surface area (Å²) in [5.74, 6) is 1.88. The lowest BCUT2D eigenvalue weighted by Gasteiger charge is -2.38. The fourth-order valence-corrected chi connectivity index (χ4v) is 5.21. The van der Waals surface area contributed by atoms with Crippen LogP contribution in [0.3, 0.4) is 0 Å². The van der Waals surface area contributed by atoms with E-state index in [1.807, 2.05) is 18.7 Å². The molecule has 1 aromatic rings. The maximum atomic E-state index is 5.84. The molecule has 0 aromatic heterocycles. The maximum absolute atomic E-state index is 5.84. The van der Waals surface area contributed by atoms with Gasteiger partial charge in [-0.1, -0.05) is 24.3 Å². The molecule has 1 fully saturated rings. The fourth-order valence-electron chi connectivity index (χ4n) is 4.19. The number of hydrogen-bond donors (Lipinski definition) is 2. The Balaban J connectivity index is 1.41. The van der Waals surface area contributed by atoms with Gasteiger partial charge in [0.05, 0.1) is 12.5 Å². The minimum absolute atomic E-state index is 0.114. The summed E-state index contributed by atoms with van der Waals surface area (Å²) in [6, 6.07) is 6.70. The van der Waals surface area contributed by atoms with Gasteiger partial charge >= 0.3 is 0 Å². The molecule has 2 unspecified atom stereocenters. The SMILES string of the molecule is CC1OC(C2CNC3=C2c2cc(SCC4C=CC=CC4)ccc2NCOC3)O1. The van der Waals surface area contributed by atoms with E-state index in [2.05, 4.69) is 53.1 Å². The van der Waals surface area contributed by atoms with Crippen LogP contribution in [0.25, 0.3) is 5.57 Å². The van der Waals surface area contributed by atoms with Crippen LogP contribution >= 0.6 is 11.8 Å². The van der Waals surface area contributed by atoms with Gasteiger partial charge in [-0.15, -0.1) is 11.8 Å². The zero-order valence-corrected chi connectivity index (χ0v) is 16.8. The number of ether oxygens (including phenoxy) is 3. The Kier molecular flexibility index (Phi) is 5.20. The van der Waals surface area contributed by atoms with Crippen molar-refractivity contribution in [1.29, 1.82) is 0 Å². The van der Waals surface area contributed by atoms with Gasteiger partial charge in [0, 0.05) is 34.1 Å². The van der Waals surface area contributed by atoms with E-state index in [0.29, 0.717) is 19.3 Å². The molecule has 28 heavy (non-hydrogen) atoms. The van der Waals surface area contributed by atoms with Gasteiger partial charge in [0.2, 0.25) is 0 Å². The van der Waals surface area contributed by atoms with E-state index in [0.717, 1.165) is 30.1 Å². The van der Waals surface area contributed by atoms with Gasteiger partial charge < -0.3 is 24.8 Å². The average molecular weight is 399 g/mol. The van der Waals surface area contributed by atoms with Crippen molar-refractivity contribution in [1.82, 2.24) is 5.32 Å². The number of benzene rings is 1. The number of allylic oxidation sites excluding steroid dienone is 4. The van der Waals surface area contributed by atoms with Crippen LogP contribution in [0.5, 0.6) is 0 Å². The molecule has 1 aromatic carbocycles. The fraction of sp³-hybridized carbons (Fsp3) is 0.455. The normalized spacial score (nSPS) is 31.2. The van der Waals surface area contributed by atoms with Crippen molar-refractivity contribution in [2.24, 2.45) is 11.8 Å². The van der Waals surface area contributed by atoms with Crippen molar-refractivity contribution < 1.29 is 14.2 Å². The lowest BCUT2D eigenvalue weighted by atomic mass is 9.91. The van der Waals surface area contributed by atoms with Crippen LogP contribution in [-0.2, 0) is 14.2 Å². The molecule has 2 atom stereocenters. The smallest absolute Gasteiger partial charge is 0.172 e. The molecule has 0 spiro atoms. The molecule has 3 heterocycles. The van der Waals surface area contributed by atoms with Gasteiger partial charge in [-0.25, -0.2) is 0 Å². The second-order valence-electron chi connectivity index (χ2n) is 7.58. The van der Waals surface area contributed by atoms with Crippen LogP contribution in [0.2, 0.25) is 0 Å². The van der Waals surface area contributed by atoms with Crippen LogP contribution in [0.4, 0.5) is 5.69 Å². The van der Waals surface area contributed by atoms with Crippen molar-refractivity contribution in [3.8, 4) is 0 Å². The van der Waals surface area contributed by atoms with E-state index in [9.17, 15) is 0 Å². The first-order chi connectivity index (χ1) is 13.8. The highest BCUT2D eigenvalue weighted by molar-refractivity contribution is 7.99. The zero-order chi connectivity index (χ0) is 18.9. The zero-order valence-electron chi connectivity index (χ0n) is 16.0. The highest BCUT2D eigenvalue weighted by atomic mass is 32.2. The quantitative estimate of drug-likeness (QED) is 0.749. The van der Waals surface area contributed by atoms with Crippen LogP contribution in [0.1, 0.15) is 18.9 Å². The lowest BCUT2D eigenvalue weighted by Crippen LogP contribution is -2.45. The van der Waals surface area contributed by atoms with Crippen molar-refractivity contribution in [2.75, 3.05) is 31.0 Å². The summed E-state index contributed by atoms with van der Waals surface area (Å²) >= 11 is 1.93. The van der Waals surface area contributed by atoms with Crippen LogP contribution in [0.15, 0.2) is 53.1 Å². The second kappa shape index (κ2) is 7.95. The Hall–Kier alpha value is -1.73. The first-order valence-electron chi connectivity index (χ1n) is 9.98. The third-order valence-corrected chi connectivity index (χ3v) is 6.82. The van der Waals surface area contributed by atoms with Gasteiger partial charge in [-0.05, 0) is 43.0 Å². The van der Waals surface area contributed by atoms with Crippen molar-refractivity contribution in [2.45, 2.75) is 30.8 Å². The minimum atomic E-state index is -0.183. The van der Waals surface area contributed by atoms with Crippen LogP contribution in [-0.4, -0.2) is 38.2 Å². The number of thioether (sulfide) groups is 1. The molecule has 0 bridgehead atoms. The molecule has 1 saturated heterocycles. The van der Waals surface area contributed by atoms with E-state index < -0.39 is 0 Å².